The van der Waals surface area contributed by atoms with Crippen LogP contribution in [-0.4, -0.2) is 30.8 Å². The number of allylic oxidation sites excluding steroid dienone is 1. The Bertz CT molecular complexity index is 774. The minimum absolute atomic E-state index is 0.0982. The van der Waals surface area contributed by atoms with Gasteiger partial charge in [0.2, 0.25) is 5.95 Å². The number of aromatic nitrogens is 3. The SMILES string of the molecule is Cc1nc2n(n1)[C@H](c1ccc([N+](=O)[O-])o1)C=C(C(=O)O)N2. The number of carboxylic acids is 1. The van der Waals surface area contributed by atoms with Crippen molar-refractivity contribution in [3.05, 3.63) is 45.6 Å². The van der Waals surface area contributed by atoms with Crippen molar-refractivity contribution in [2.45, 2.75) is 13.0 Å². The first-order chi connectivity index (χ1) is 9.95. The molecule has 0 amide bonds. The number of nitro groups is 1. The maximum Gasteiger partial charge on any atom is 0.433 e. The van der Waals surface area contributed by atoms with Gasteiger partial charge in [0, 0.05) is 0 Å². The summed E-state index contributed by atoms with van der Waals surface area (Å²) in [6, 6.07) is 1.89. The smallest absolute Gasteiger partial charge is 0.433 e. The second-order valence-corrected chi connectivity index (χ2v) is 4.32. The van der Waals surface area contributed by atoms with Gasteiger partial charge in [0.15, 0.2) is 0 Å². The van der Waals surface area contributed by atoms with Crippen LogP contribution >= 0.6 is 0 Å². The van der Waals surface area contributed by atoms with E-state index < -0.39 is 22.8 Å². The Labute approximate surface area is 116 Å². The van der Waals surface area contributed by atoms with Crippen molar-refractivity contribution in [3.63, 3.8) is 0 Å². The topological polar surface area (TPSA) is 136 Å². The lowest BCUT2D eigenvalue weighted by Gasteiger charge is -2.20. The quantitative estimate of drug-likeness (QED) is 0.633. The predicted molar refractivity (Wildman–Crippen MR) is 67.6 cm³/mol. The zero-order valence-corrected chi connectivity index (χ0v) is 10.7. The van der Waals surface area contributed by atoms with Crippen LogP contribution in [0.1, 0.15) is 17.6 Å². The monoisotopic (exact) mass is 291 g/mol. The van der Waals surface area contributed by atoms with Crippen molar-refractivity contribution in [2.75, 3.05) is 5.32 Å². The highest BCUT2D eigenvalue weighted by molar-refractivity contribution is 5.90. The van der Waals surface area contributed by atoms with E-state index in [0.29, 0.717) is 5.82 Å². The number of hydrogen-bond donors (Lipinski definition) is 2. The van der Waals surface area contributed by atoms with Gasteiger partial charge in [0.05, 0.1) is 6.07 Å². The van der Waals surface area contributed by atoms with Gasteiger partial charge < -0.3 is 14.8 Å². The standard InChI is InChI=1S/C11H9N5O5/c1-5-12-11-13-6(10(17)18)4-7(15(11)14-5)8-2-3-9(21-8)16(19)20/h2-4,7H,1H3,(H,17,18)(H,12,13,14)/t7-/m0/s1. The summed E-state index contributed by atoms with van der Waals surface area (Å²) < 4.78 is 6.53. The summed E-state index contributed by atoms with van der Waals surface area (Å²) in [5.41, 5.74) is -0.0982. The first kappa shape index (κ1) is 12.8. The average molecular weight is 291 g/mol. The molecule has 0 fully saturated rings. The fourth-order valence-electron chi connectivity index (χ4n) is 2.03. The molecule has 0 spiro atoms. The lowest BCUT2D eigenvalue weighted by Crippen LogP contribution is -2.24. The Kier molecular flexibility index (Phi) is 2.71. The number of aliphatic carboxylic acids is 1. The molecule has 1 atom stereocenters. The molecule has 1 aliphatic heterocycles. The first-order valence-electron chi connectivity index (χ1n) is 5.85. The molecule has 2 N–H and O–H groups in total. The number of anilines is 1. The van der Waals surface area contributed by atoms with Crippen LogP contribution in [0.2, 0.25) is 0 Å². The number of rotatable bonds is 3. The van der Waals surface area contributed by atoms with Crippen molar-refractivity contribution < 1.29 is 19.2 Å². The Morgan fingerprint density at radius 2 is 2.33 bits per heavy atom. The van der Waals surface area contributed by atoms with E-state index >= 15 is 0 Å². The summed E-state index contributed by atoms with van der Waals surface area (Å²) in [5, 5.41) is 26.5. The molecule has 0 saturated carbocycles. The molecule has 3 rings (SSSR count). The Morgan fingerprint density at radius 1 is 1.57 bits per heavy atom. The number of nitrogens with one attached hydrogen (secondary N) is 1. The fourth-order valence-corrected chi connectivity index (χ4v) is 2.03. The number of carbonyl (C=O) groups is 1. The number of fused-ring (bicyclic) bond motifs is 1. The van der Waals surface area contributed by atoms with Gasteiger partial charge in [-0.15, -0.1) is 0 Å². The third-order valence-electron chi connectivity index (χ3n) is 2.89. The number of hydrogen-bond acceptors (Lipinski definition) is 7. The van der Waals surface area contributed by atoms with Crippen LogP contribution in [0.4, 0.5) is 11.8 Å². The summed E-state index contributed by atoms with van der Waals surface area (Å²) in [6.07, 6.45) is 1.35. The van der Waals surface area contributed by atoms with E-state index in [4.69, 9.17) is 9.52 Å². The van der Waals surface area contributed by atoms with Crippen LogP contribution in [0.5, 0.6) is 0 Å². The summed E-state index contributed by atoms with van der Waals surface area (Å²) in [4.78, 5) is 25.2. The highest BCUT2D eigenvalue weighted by atomic mass is 16.6. The second kappa shape index (κ2) is 4.44. The molecule has 21 heavy (non-hydrogen) atoms. The number of nitrogens with zero attached hydrogens (tertiary/aromatic N) is 4. The zero-order chi connectivity index (χ0) is 15.1. The van der Waals surface area contributed by atoms with Gasteiger partial charge in [-0.2, -0.15) is 10.1 Å². The summed E-state index contributed by atoms with van der Waals surface area (Å²) in [7, 11) is 0. The molecule has 10 nitrogen and oxygen atoms in total. The van der Waals surface area contributed by atoms with Crippen molar-refractivity contribution in [2.24, 2.45) is 0 Å². The van der Waals surface area contributed by atoms with Gasteiger partial charge in [-0.1, -0.05) is 0 Å². The minimum atomic E-state index is -1.17. The van der Waals surface area contributed by atoms with Gasteiger partial charge in [-0.25, -0.2) is 9.48 Å². The predicted octanol–water partition coefficient (Wildman–Crippen LogP) is 1.07. The van der Waals surface area contributed by atoms with Crippen LogP contribution in [0.3, 0.4) is 0 Å². The average Bonchev–Trinajstić information content (AvgIpc) is 3.02. The molecule has 2 aromatic rings. The molecule has 10 heteroatoms. The molecule has 0 radical (unpaired) electrons. The van der Waals surface area contributed by atoms with E-state index in [1.807, 2.05) is 0 Å². The molecule has 2 aromatic heterocycles. The first-order valence-corrected chi connectivity index (χ1v) is 5.85. The highest BCUT2D eigenvalue weighted by Crippen LogP contribution is 2.31. The fraction of sp³-hybridized carbons (Fsp3) is 0.182. The third kappa shape index (κ3) is 2.12. The maximum absolute atomic E-state index is 11.1. The van der Waals surface area contributed by atoms with Gasteiger partial charge in [-0.3, -0.25) is 10.1 Å². The van der Waals surface area contributed by atoms with E-state index in [-0.39, 0.29) is 17.4 Å². The van der Waals surface area contributed by atoms with E-state index in [1.165, 1.54) is 22.9 Å². The van der Waals surface area contributed by atoms with Crippen molar-refractivity contribution in [1.82, 2.24) is 14.8 Å². The largest absolute Gasteiger partial charge is 0.477 e. The zero-order valence-electron chi connectivity index (χ0n) is 10.7. The van der Waals surface area contributed by atoms with E-state index in [2.05, 4.69) is 15.4 Å². The van der Waals surface area contributed by atoms with Crippen molar-refractivity contribution >= 4 is 17.8 Å². The van der Waals surface area contributed by atoms with E-state index in [9.17, 15) is 14.9 Å². The normalized spacial score (nSPS) is 16.8. The number of furan rings is 1. The maximum atomic E-state index is 11.1. The molecule has 0 bridgehead atoms. The number of aryl methyl sites for hydroxylation is 1. The molecule has 0 unspecified atom stereocenters. The second-order valence-electron chi connectivity index (χ2n) is 4.32. The Balaban J connectivity index is 2.09. The molecule has 0 aliphatic carbocycles. The molecule has 3 heterocycles. The van der Waals surface area contributed by atoms with Gasteiger partial charge in [0.25, 0.3) is 0 Å². The Hall–Kier alpha value is -3.17. The summed E-state index contributed by atoms with van der Waals surface area (Å²) >= 11 is 0. The molecule has 0 aromatic carbocycles. The molecule has 0 saturated heterocycles. The van der Waals surface area contributed by atoms with E-state index in [0.717, 1.165) is 0 Å². The van der Waals surface area contributed by atoms with Crippen LogP contribution in [0.15, 0.2) is 28.3 Å². The van der Waals surface area contributed by atoms with Crippen molar-refractivity contribution in [1.29, 1.82) is 0 Å². The highest BCUT2D eigenvalue weighted by Gasteiger charge is 2.29. The number of carboxylic acid groups (broad SMARTS) is 1. The molecule has 1 aliphatic rings. The molecule has 108 valence electrons. The van der Waals surface area contributed by atoms with Crippen LogP contribution < -0.4 is 5.32 Å². The van der Waals surface area contributed by atoms with Crippen molar-refractivity contribution in [3.8, 4) is 0 Å². The Morgan fingerprint density at radius 3 is 2.95 bits per heavy atom. The molecular formula is C11H9N5O5. The summed E-state index contributed by atoms with van der Waals surface area (Å²) in [5.74, 6) is -0.728. The minimum Gasteiger partial charge on any atom is -0.477 e. The lowest BCUT2D eigenvalue weighted by molar-refractivity contribution is -0.402. The van der Waals surface area contributed by atoms with Gasteiger partial charge in [0.1, 0.15) is 28.2 Å². The lowest BCUT2D eigenvalue weighted by atomic mass is 10.1. The van der Waals surface area contributed by atoms with Gasteiger partial charge in [-0.05, 0) is 19.1 Å². The van der Waals surface area contributed by atoms with E-state index in [1.54, 1.807) is 6.92 Å². The van der Waals surface area contributed by atoms with Crippen LogP contribution in [0.25, 0.3) is 0 Å². The molecular weight excluding hydrogens is 282 g/mol. The third-order valence-corrected chi connectivity index (χ3v) is 2.89. The van der Waals surface area contributed by atoms with Crippen LogP contribution in [0, 0.1) is 17.0 Å². The van der Waals surface area contributed by atoms with Crippen LogP contribution in [-0.2, 0) is 4.79 Å². The summed E-state index contributed by atoms with van der Waals surface area (Å²) in [6.45, 7) is 1.65. The van der Waals surface area contributed by atoms with Gasteiger partial charge >= 0.3 is 11.9 Å².